The van der Waals surface area contributed by atoms with Gasteiger partial charge in [-0.15, -0.1) is 0 Å². The van der Waals surface area contributed by atoms with E-state index in [1.54, 1.807) is 28.4 Å². The number of anilines is 2. The predicted octanol–water partition coefficient (Wildman–Crippen LogP) is 1.01. The van der Waals surface area contributed by atoms with E-state index in [-0.39, 0.29) is 6.04 Å². The molecule has 0 saturated carbocycles. The summed E-state index contributed by atoms with van der Waals surface area (Å²) in [5.41, 5.74) is 0. The number of aromatic nitrogens is 2. The molecule has 7 heteroatoms. The fourth-order valence-corrected chi connectivity index (χ4v) is 1.99. The molecule has 0 aliphatic rings. The van der Waals surface area contributed by atoms with Crippen LogP contribution in [0.2, 0.25) is 0 Å². The molecule has 0 aliphatic carbocycles. The number of nitrogens with zero attached hydrogens (tertiary/aromatic N) is 3. The molecule has 20 heavy (non-hydrogen) atoms. The highest BCUT2D eigenvalue weighted by molar-refractivity contribution is 5.64. The van der Waals surface area contributed by atoms with Crippen molar-refractivity contribution in [2.45, 2.75) is 13.0 Å². The van der Waals surface area contributed by atoms with Gasteiger partial charge in [0.1, 0.15) is 6.33 Å². The van der Waals surface area contributed by atoms with E-state index in [1.165, 1.54) is 6.33 Å². The number of rotatable bonds is 9. The summed E-state index contributed by atoms with van der Waals surface area (Å²) < 4.78 is 15.8. The van der Waals surface area contributed by atoms with Gasteiger partial charge in [-0.05, 0) is 6.92 Å². The van der Waals surface area contributed by atoms with E-state index in [9.17, 15) is 0 Å². The lowest BCUT2D eigenvalue weighted by Crippen LogP contribution is -2.39. The Kier molecular flexibility index (Phi) is 7.03. The van der Waals surface area contributed by atoms with Crippen molar-refractivity contribution in [3.8, 4) is 5.75 Å². The number of methoxy groups -OCH3 is 3. The van der Waals surface area contributed by atoms with Gasteiger partial charge in [0.05, 0.1) is 26.4 Å². The summed E-state index contributed by atoms with van der Waals surface area (Å²) in [5.74, 6) is 2.01. The van der Waals surface area contributed by atoms with Crippen LogP contribution in [0.15, 0.2) is 6.33 Å². The van der Waals surface area contributed by atoms with Crippen LogP contribution in [0, 0.1) is 0 Å². The molecule has 1 unspecified atom stereocenters. The summed E-state index contributed by atoms with van der Waals surface area (Å²) in [6.45, 7) is 3.94. The molecule has 1 rings (SSSR count). The van der Waals surface area contributed by atoms with E-state index in [4.69, 9.17) is 14.2 Å². The Morgan fingerprint density at radius 1 is 1.25 bits per heavy atom. The second-order valence-corrected chi connectivity index (χ2v) is 4.32. The minimum Gasteiger partial charge on any atom is -0.490 e. The van der Waals surface area contributed by atoms with Crippen LogP contribution in [0.4, 0.5) is 11.6 Å². The van der Waals surface area contributed by atoms with Crippen molar-refractivity contribution in [1.82, 2.24) is 9.97 Å². The van der Waals surface area contributed by atoms with Crippen molar-refractivity contribution in [2.75, 3.05) is 58.4 Å². The Morgan fingerprint density at radius 3 is 2.55 bits per heavy atom. The number of hydrogen-bond acceptors (Lipinski definition) is 7. The fourth-order valence-electron chi connectivity index (χ4n) is 1.99. The highest BCUT2D eigenvalue weighted by Crippen LogP contribution is 2.32. The Bertz CT molecular complexity index is 403. The third-order valence-corrected chi connectivity index (χ3v) is 2.97. The fraction of sp³-hybridized carbons (Fsp3) is 0.692. The Hall–Kier alpha value is -1.60. The summed E-state index contributed by atoms with van der Waals surface area (Å²) in [5, 5.41) is 3.00. The smallest absolute Gasteiger partial charge is 0.204 e. The van der Waals surface area contributed by atoms with Crippen molar-refractivity contribution >= 4 is 11.6 Å². The summed E-state index contributed by atoms with van der Waals surface area (Å²) in [4.78, 5) is 10.6. The van der Waals surface area contributed by atoms with E-state index in [2.05, 4.69) is 27.1 Å². The van der Waals surface area contributed by atoms with Crippen LogP contribution in [0.1, 0.15) is 6.92 Å². The van der Waals surface area contributed by atoms with Gasteiger partial charge < -0.3 is 24.4 Å². The molecule has 0 aromatic carbocycles. The number of hydrogen-bond donors (Lipinski definition) is 1. The molecule has 0 bridgehead atoms. The largest absolute Gasteiger partial charge is 0.490 e. The Labute approximate surface area is 120 Å². The van der Waals surface area contributed by atoms with E-state index in [0.717, 1.165) is 5.82 Å². The van der Waals surface area contributed by atoms with E-state index in [0.29, 0.717) is 31.3 Å². The van der Waals surface area contributed by atoms with Crippen LogP contribution in [0.5, 0.6) is 5.75 Å². The van der Waals surface area contributed by atoms with Gasteiger partial charge in [0, 0.05) is 27.8 Å². The first kappa shape index (κ1) is 16.5. The van der Waals surface area contributed by atoms with Crippen LogP contribution in [0.25, 0.3) is 0 Å². The highest BCUT2D eigenvalue weighted by Gasteiger charge is 2.22. The molecule has 0 aliphatic heterocycles. The molecule has 1 atom stereocenters. The van der Waals surface area contributed by atoms with Crippen molar-refractivity contribution in [3.05, 3.63) is 6.33 Å². The second kappa shape index (κ2) is 8.55. The molecule has 1 heterocycles. The molecule has 1 N–H and O–H groups in total. The predicted molar refractivity (Wildman–Crippen MR) is 78.7 cm³/mol. The summed E-state index contributed by atoms with van der Waals surface area (Å²) in [6, 6.07) is 0.142. The summed E-state index contributed by atoms with van der Waals surface area (Å²) in [7, 11) is 6.77. The zero-order chi connectivity index (χ0) is 15.0. The summed E-state index contributed by atoms with van der Waals surface area (Å²) in [6.07, 6.45) is 1.52. The van der Waals surface area contributed by atoms with Gasteiger partial charge in [0.2, 0.25) is 5.75 Å². The number of nitrogens with one attached hydrogen (secondary N) is 1. The SMILES string of the molecule is CNc1ncnc(N(CCOC)C(C)COC)c1OC. The van der Waals surface area contributed by atoms with Crippen molar-refractivity contribution in [3.63, 3.8) is 0 Å². The van der Waals surface area contributed by atoms with Crippen LogP contribution in [0.3, 0.4) is 0 Å². The van der Waals surface area contributed by atoms with Crippen LogP contribution in [-0.4, -0.2) is 64.1 Å². The maximum Gasteiger partial charge on any atom is 0.204 e. The minimum absolute atomic E-state index is 0.142. The first-order chi connectivity index (χ1) is 9.69. The monoisotopic (exact) mass is 284 g/mol. The van der Waals surface area contributed by atoms with Crippen molar-refractivity contribution in [1.29, 1.82) is 0 Å². The van der Waals surface area contributed by atoms with Crippen LogP contribution >= 0.6 is 0 Å². The standard InChI is InChI=1S/C13H24N4O3/c1-10(8-19-4)17(6-7-18-3)13-11(20-5)12(14-2)15-9-16-13/h9-10H,6-8H2,1-5H3,(H,14,15,16). The maximum absolute atomic E-state index is 5.45. The highest BCUT2D eigenvalue weighted by atomic mass is 16.5. The third kappa shape index (κ3) is 3.94. The van der Waals surface area contributed by atoms with Gasteiger partial charge >= 0.3 is 0 Å². The topological polar surface area (TPSA) is 68.7 Å². The molecule has 1 aromatic heterocycles. The molecule has 0 amide bonds. The van der Waals surface area contributed by atoms with Gasteiger partial charge in [-0.1, -0.05) is 0 Å². The average Bonchev–Trinajstić information content (AvgIpc) is 2.47. The maximum atomic E-state index is 5.45. The summed E-state index contributed by atoms with van der Waals surface area (Å²) >= 11 is 0. The lowest BCUT2D eigenvalue weighted by molar-refractivity contribution is 0.170. The molecule has 7 nitrogen and oxygen atoms in total. The van der Waals surface area contributed by atoms with Gasteiger partial charge in [0.15, 0.2) is 11.6 Å². The molecular weight excluding hydrogens is 260 g/mol. The Morgan fingerprint density at radius 2 is 2.00 bits per heavy atom. The second-order valence-electron chi connectivity index (χ2n) is 4.32. The lowest BCUT2D eigenvalue weighted by Gasteiger charge is -2.30. The number of ether oxygens (including phenoxy) is 3. The minimum atomic E-state index is 0.142. The van der Waals surface area contributed by atoms with Crippen LogP contribution < -0.4 is 15.0 Å². The van der Waals surface area contributed by atoms with Crippen molar-refractivity contribution in [2.24, 2.45) is 0 Å². The normalized spacial score (nSPS) is 12.1. The van der Waals surface area contributed by atoms with Gasteiger partial charge in [0.25, 0.3) is 0 Å². The molecular formula is C13H24N4O3. The molecule has 0 spiro atoms. The average molecular weight is 284 g/mol. The van der Waals surface area contributed by atoms with Gasteiger partial charge in [-0.3, -0.25) is 0 Å². The molecule has 0 saturated heterocycles. The van der Waals surface area contributed by atoms with Gasteiger partial charge in [-0.2, -0.15) is 0 Å². The zero-order valence-corrected chi connectivity index (χ0v) is 12.8. The Balaban J connectivity index is 3.11. The first-order valence-corrected chi connectivity index (χ1v) is 6.50. The van der Waals surface area contributed by atoms with E-state index >= 15 is 0 Å². The van der Waals surface area contributed by atoms with Crippen molar-refractivity contribution < 1.29 is 14.2 Å². The zero-order valence-electron chi connectivity index (χ0n) is 12.8. The van der Waals surface area contributed by atoms with E-state index in [1.807, 2.05) is 0 Å². The quantitative estimate of drug-likeness (QED) is 0.726. The molecule has 0 radical (unpaired) electrons. The van der Waals surface area contributed by atoms with Gasteiger partial charge in [-0.25, -0.2) is 9.97 Å². The molecule has 0 fully saturated rings. The lowest BCUT2D eigenvalue weighted by atomic mass is 10.2. The van der Waals surface area contributed by atoms with Crippen LogP contribution in [-0.2, 0) is 9.47 Å². The first-order valence-electron chi connectivity index (χ1n) is 6.50. The molecule has 114 valence electrons. The van der Waals surface area contributed by atoms with E-state index < -0.39 is 0 Å². The molecule has 1 aromatic rings. The third-order valence-electron chi connectivity index (χ3n) is 2.97.